The highest BCUT2D eigenvalue weighted by Gasteiger charge is 2.58. The first-order chi connectivity index (χ1) is 13.2. The van der Waals surface area contributed by atoms with Crippen molar-refractivity contribution in [2.24, 2.45) is 5.92 Å². The largest absolute Gasteiger partial charge is 0.457 e. The minimum Gasteiger partial charge on any atom is -0.457 e. The quantitative estimate of drug-likeness (QED) is 0.654. The van der Waals surface area contributed by atoms with Gasteiger partial charge in [0.1, 0.15) is 11.5 Å². The highest BCUT2D eigenvalue weighted by atomic mass is 16.5. The summed E-state index contributed by atoms with van der Waals surface area (Å²) in [5, 5.41) is 13.7. The molecule has 0 bridgehead atoms. The predicted octanol–water partition coefficient (Wildman–Crippen LogP) is 2.96. The average Bonchev–Trinajstić information content (AvgIpc) is 3.04. The number of carbonyl (C=O) groups excluding carboxylic acids is 1. The molecule has 1 aliphatic heterocycles. The Hall–Kier alpha value is -3.12. The normalized spacial score (nSPS) is 22.9. The van der Waals surface area contributed by atoms with E-state index < -0.39 is 0 Å². The van der Waals surface area contributed by atoms with Gasteiger partial charge in [-0.15, -0.1) is 0 Å². The third-order valence-corrected chi connectivity index (χ3v) is 5.38. The van der Waals surface area contributed by atoms with Crippen LogP contribution in [0.15, 0.2) is 60.7 Å². The third-order valence-electron chi connectivity index (χ3n) is 5.38. The SMILES string of the molecule is O=C(NC12CNCC1C2)c1cc(-c2ccccc2Oc2ccccc2)[nH]n1. The van der Waals surface area contributed by atoms with Crippen LogP contribution >= 0.6 is 0 Å². The molecule has 2 fully saturated rings. The van der Waals surface area contributed by atoms with Crippen LogP contribution in [0.1, 0.15) is 16.9 Å². The Morgan fingerprint density at radius 1 is 1.15 bits per heavy atom. The molecule has 1 saturated heterocycles. The molecule has 2 aliphatic rings. The van der Waals surface area contributed by atoms with Crippen molar-refractivity contribution in [3.8, 4) is 22.8 Å². The number of piperidine rings is 1. The first-order valence-electron chi connectivity index (χ1n) is 9.14. The number of nitrogens with one attached hydrogen (secondary N) is 3. The molecule has 1 saturated carbocycles. The van der Waals surface area contributed by atoms with E-state index >= 15 is 0 Å². The van der Waals surface area contributed by atoms with Crippen molar-refractivity contribution in [1.29, 1.82) is 0 Å². The summed E-state index contributed by atoms with van der Waals surface area (Å²) < 4.78 is 6.01. The average molecular weight is 360 g/mol. The Morgan fingerprint density at radius 2 is 1.96 bits per heavy atom. The van der Waals surface area contributed by atoms with Gasteiger partial charge < -0.3 is 15.4 Å². The lowest BCUT2D eigenvalue weighted by Gasteiger charge is -2.12. The summed E-state index contributed by atoms with van der Waals surface area (Å²) >= 11 is 0. The number of amides is 1. The van der Waals surface area contributed by atoms with E-state index in [1.165, 1.54) is 0 Å². The topological polar surface area (TPSA) is 79.0 Å². The zero-order valence-electron chi connectivity index (χ0n) is 14.7. The number of carbonyl (C=O) groups is 1. The summed E-state index contributed by atoms with van der Waals surface area (Å²) in [6, 6.07) is 19.1. The first kappa shape index (κ1) is 16.1. The molecular formula is C21H20N4O2. The molecule has 1 aromatic heterocycles. The lowest BCUT2D eigenvalue weighted by Crippen LogP contribution is -2.41. The van der Waals surface area contributed by atoms with E-state index in [0.29, 0.717) is 17.4 Å². The van der Waals surface area contributed by atoms with E-state index in [4.69, 9.17) is 4.74 Å². The highest BCUT2D eigenvalue weighted by Crippen LogP contribution is 2.46. The number of rotatable bonds is 5. The van der Waals surface area contributed by atoms with Crippen LogP contribution in [-0.4, -0.2) is 34.7 Å². The lowest BCUT2D eigenvalue weighted by molar-refractivity contribution is 0.0927. The minimum atomic E-state index is -0.134. The molecule has 2 heterocycles. The van der Waals surface area contributed by atoms with E-state index in [9.17, 15) is 4.79 Å². The molecule has 2 atom stereocenters. The van der Waals surface area contributed by atoms with Gasteiger partial charge in [0.2, 0.25) is 0 Å². The molecule has 3 aromatic rings. The van der Waals surface area contributed by atoms with Gasteiger partial charge in [-0.1, -0.05) is 30.3 Å². The van der Waals surface area contributed by atoms with E-state index in [2.05, 4.69) is 20.8 Å². The van der Waals surface area contributed by atoms with Crippen LogP contribution in [-0.2, 0) is 0 Å². The minimum absolute atomic E-state index is 0.0650. The van der Waals surface area contributed by atoms with Crippen molar-refractivity contribution in [3.05, 3.63) is 66.4 Å². The number of hydrogen-bond acceptors (Lipinski definition) is 4. The van der Waals surface area contributed by atoms with Crippen molar-refractivity contribution >= 4 is 5.91 Å². The monoisotopic (exact) mass is 360 g/mol. The second-order valence-corrected chi connectivity index (χ2v) is 7.22. The Morgan fingerprint density at radius 3 is 2.74 bits per heavy atom. The molecule has 2 aromatic carbocycles. The fraction of sp³-hybridized carbons (Fsp3) is 0.238. The van der Waals surface area contributed by atoms with Crippen LogP contribution in [0.3, 0.4) is 0 Å². The molecule has 2 unspecified atom stereocenters. The number of aromatic nitrogens is 2. The Bertz CT molecular complexity index is 985. The number of ether oxygens (including phenoxy) is 1. The van der Waals surface area contributed by atoms with Gasteiger partial charge in [-0.25, -0.2) is 0 Å². The summed E-state index contributed by atoms with van der Waals surface area (Å²) in [6.07, 6.45) is 1.05. The fourth-order valence-electron chi connectivity index (χ4n) is 3.79. The van der Waals surface area contributed by atoms with Crippen LogP contribution in [0.25, 0.3) is 11.3 Å². The van der Waals surface area contributed by atoms with Gasteiger partial charge in [-0.05, 0) is 42.7 Å². The number of nitrogens with zero attached hydrogens (tertiary/aromatic N) is 1. The van der Waals surface area contributed by atoms with Gasteiger partial charge >= 0.3 is 0 Å². The zero-order valence-corrected chi connectivity index (χ0v) is 14.7. The molecule has 27 heavy (non-hydrogen) atoms. The summed E-state index contributed by atoms with van der Waals surface area (Å²) in [7, 11) is 0. The number of benzene rings is 2. The highest BCUT2D eigenvalue weighted by molar-refractivity contribution is 5.94. The van der Waals surface area contributed by atoms with Crippen LogP contribution in [0.5, 0.6) is 11.5 Å². The van der Waals surface area contributed by atoms with Crippen LogP contribution in [0.2, 0.25) is 0 Å². The fourth-order valence-corrected chi connectivity index (χ4v) is 3.79. The summed E-state index contributed by atoms with van der Waals surface area (Å²) in [5.74, 6) is 1.89. The van der Waals surface area contributed by atoms with E-state index in [-0.39, 0.29) is 11.4 Å². The van der Waals surface area contributed by atoms with Gasteiger partial charge in [0.05, 0.1) is 11.2 Å². The molecule has 1 aliphatic carbocycles. The second-order valence-electron chi connectivity index (χ2n) is 7.22. The van der Waals surface area contributed by atoms with Gasteiger partial charge in [0.15, 0.2) is 5.69 Å². The van der Waals surface area contributed by atoms with Crippen LogP contribution in [0, 0.1) is 5.92 Å². The van der Waals surface area contributed by atoms with Gasteiger partial charge in [-0.2, -0.15) is 5.10 Å². The maximum absolute atomic E-state index is 12.6. The molecule has 5 rings (SSSR count). The molecule has 3 N–H and O–H groups in total. The maximum Gasteiger partial charge on any atom is 0.272 e. The summed E-state index contributed by atoms with van der Waals surface area (Å²) in [5.41, 5.74) is 1.94. The molecule has 0 radical (unpaired) electrons. The molecule has 1 amide bonds. The standard InChI is InChI=1S/C21H20N4O2/c26-20(23-21-11-14(21)12-22-13-21)18-10-17(24-25-18)16-8-4-5-9-19(16)27-15-6-2-1-3-7-15/h1-10,14,22H,11-13H2,(H,23,26)(H,24,25). The first-order valence-corrected chi connectivity index (χ1v) is 9.14. The van der Waals surface area contributed by atoms with E-state index in [1.807, 2.05) is 54.6 Å². The van der Waals surface area contributed by atoms with Crippen molar-refractivity contribution in [2.45, 2.75) is 12.0 Å². The van der Waals surface area contributed by atoms with Gasteiger partial charge in [0.25, 0.3) is 5.91 Å². The van der Waals surface area contributed by atoms with Crippen molar-refractivity contribution < 1.29 is 9.53 Å². The lowest BCUT2D eigenvalue weighted by atomic mass is 10.1. The molecule has 0 spiro atoms. The van der Waals surface area contributed by atoms with Crippen molar-refractivity contribution in [2.75, 3.05) is 13.1 Å². The number of para-hydroxylation sites is 2. The maximum atomic E-state index is 12.6. The second kappa shape index (κ2) is 6.25. The van der Waals surface area contributed by atoms with E-state index in [0.717, 1.165) is 36.5 Å². The van der Waals surface area contributed by atoms with Gasteiger partial charge in [0, 0.05) is 18.7 Å². The number of fused-ring (bicyclic) bond motifs is 1. The number of H-pyrrole nitrogens is 1. The Labute approximate surface area is 156 Å². The van der Waals surface area contributed by atoms with Crippen molar-refractivity contribution in [1.82, 2.24) is 20.8 Å². The van der Waals surface area contributed by atoms with Crippen LogP contribution in [0.4, 0.5) is 0 Å². The van der Waals surface area contributed by atoms with Crippen LogP contribution < -0.4 is 15.4 Å². The Kier molecular flexibility index (Phi) is 3.72. The van der Waals surface area contributed by atoms with E-state index in [1.54, 1.807) is 6.07 Å². The number of aromatic amines is 1. The third kappa shape index (κ3) is 2.98. The number of hydrogen-bond donors (Lipinski definition) is 3. The smallest absolute Gasteiger partial charge is 0.272 e. The Balaban J connectivity index is 1.37. The molecular weight excluding hydrogens is 340 g/mol. The van der Waals surface area contributed by atoms with Crippen molar-refractivity contribution in [3.63, 3.8) is 0 Å². The molecule has 6 nitrogen and oxygen atoms in total. The predicted molar refractivity (Wildman–Crippen MR) is 102 cm³/mol. The summed E-state index contributed by atoms with van der Waals surface area (Å²) in [6.45, 7) is 1.82. The molecule has 6 heteroatoms. The van der Waals surface area contributed by atoms with Gasteiger partial charge in [-0.3, -0.25) is 9.89 Å². The summed E-state index contributed by atoms with van der Waals surface area (Å²) in [4.78, 5) is 12.6. The molecule has 136 valence electrons. The zero-order chi connectivity index (χ0) is 18.3.